The van der Waals surface area contributed by atoms with Crippen LogP contribution in [-0.2, 0) is 10.0 Å². The molecule has 2 aromatic carbocycles. The number of fused-ring (bicyclic) bond motifs is 3. The van der Waals surface area contributed by atoms with Crippen molar-refractivity contribution in [2.75, 3.05) is 14.1 Å². The molecule has 0 atom stereocenters. The zero-order valence-corrected chi connectivity index (χ0v) is 16.1. The van der Waals surface area contributed by atoms with Gasteiger partial charge in [0.2, 0.25) is 10.0 Å². The number of sulfonamides is 1. The summed E-state index contributed by atoms with van der Waals surface area (Å²) in [6, 6.07) is 20.2. The van der Waals surface area contributed by atoms with Gasteiger partial charge in [-0.15, -0.1) is 0 Å². The van der Waals surface area contributed by atoms with Gasteiger partial charge in [0.15, 0.2) is 0 Å². The number of thioether (sulfide) groups is 1. The molecule has 0 bridgehead atoms. The second-order valence-electron chi connectivity index (χ2n) is 6.29. The van der Waals surface area contributed by atoms with E-state index in [1.54, 1.807) is 23.9 Å². The van der Waals surface area contributed by atoms with Crippen LogP contribution in [0.2, 0.25) is 0 Å². The van der Waals surface area contributed by atoms with Gasteiger partial charge in [-0.05, 0) is 34.4 Å². The molecule has 0 aliphatic heterocycles. The first kappa shape index (κ1) is 17.3. The minimum atomic E-state index is -3.46. The molecule has 132 valence electrons. The Morgan fingerprint density at radius 2 is 1.46 bits per heavy atom. The van der Waals surface area contributed by atoms with Gasteiger partial charge >= 0.3 is 0 Å². The molecule has 0 amide bonds. The van der Waals surface area contributed by atoms with E-state index in [0.717, 1.165) is 5.03 Å². The first-order chi connectivity index (χ1) is 12.5. The van der Waals surface area contributed by atoms with E-state index in [0.29, 0.717) is 0 Å². The Labute approximate surface area is 157 Å². The molecule has 1 aromatic heterocycles. The van der Waals surface area contributed by atoms with Gasteiger partial charge in [-0.3, -0.25) is 0 Å². The summed E-state index contributed by atoms with van der Waals surface area (Å²) in [5, 5.41) is 0.963. The Morgan fingerprint density at radius 1 is 0.885 bits per heavy atom. The monoisotopic (exact) mass is 382 g/mol. The molecule has 0 saturated carbocycles. The maximum atomic E-state index is 12.2. The third kappa shape index (κ3) is 2.84. The molecule has 4 rings (SSSR count). The highest BCUT2D eigenvalue weighted by molar-refractivity contribution is 7.99. The Balaban J connectivity index is 1.68. The van der Waals surface area contributed by atoms with E-state index in [1.807, 2.05) is 0 Å². The van der Waals surface area contributed by atoms with Gasteiger partial charge in [0, 0.05) is 20.3 Å². The molecule has 1 heterocycles. The molecule has 0 saturated heterocycles. The number of rotatable bonds is 4. The van der Waals surface area contributed by atoms with Crippen molar-refractivity contribution < 1.29 is 8.42 Å². The highest BCUT2D eigenvalue weighted by Crippen LogP contribution is 2.51. The van der Waals surface area contributed by atoms with Crippen LogP contribution in [0.5, 0.6) is 0 Å². The molecule has 0 spiro atoms. The third-order valence-electron chi connectivity index (χ3n) is 4.50. The van der Waals surface area contributed by atoms with Gasteiger partial charge in [-0.25, -0.2) is 17.7 Å². The number of hydrogen-bond donors (Lipinski definition) is 0. The predicted octanol–water partition coefficient (Wildman–Crippen LogP) is 4.19. The van der Waals surface area contributed by atoms with E-state index in [1.165, 1.54) is 46.9 Å². The van der Waals surface area contributed by atoms with E-state index >= 15 is 0 Å². The number of nitrogens with zero attached hydrogens (tertiary/aromatic N) is 2. The Hall–Kier alpha value is -2.15. The summed E-state index contributed by atoms with van der Waals surface area (Å²) >= 11 is 1.64. The summed E-state index contributed by atoms with van der Waals surface area (Å²) < 4.78 is 25.6. The lowest BCUT2D eigenvalue weighted by molar-refractivity contribution is 0.520. The van der Waals surface area contributed by atoms with Crippen LogP contribution in [0.15, 0.2) is 76.8 Å². The van der Waals surface area contributed by atoms with Crippen molar-refractivity contribution in [2.45, 2.75) is 15.2 Å². The predicted molar refractivity (Wildman–Crippen MR) is 105 cm³/mol. The molecule has 3 aromatic rings. The van der Waals surface area contributed by atoms with Gasteiger partial charge in [0.25, 0.3) is 0 Å². The molecule has 6 heteroatoms. The normalized spacial score (nSPS) is 13.7. The lowest BCUT2D eigenvalue weighted by Crippen LogP contribution is -2.22. The van der Waals surface area contributed by atoms with Crippen LogP contribution in [0.25, 0.3) is 11.1 Å². The first-order valence-corrected chi connectivity index (χ1v) is 10.5. The number of aromatic nitrogens is 1. The maximum Gasteiger partial charge on any atom is 0.244 e. The number of benzene rings is 2. The number of hydrogen-bond acceptors (Lipinski definition) is 4. The fourth-order valence-electron chi connectivity index (χ4n) is 3.16. The van der Waals surface area contributed by atoms with Gasteiger partial charge in [0.05, 0.1) is 10.3 Å². The fourth-order valence-corrected chi connectivity index (χ4v) is 5.17. The highest BCUT2D eigenvalue weighted by atomic mass is 32.2. The molecule has 0 radical (unpaired) electrons. The summed E-state index contributed by atoms with van der Waals surface area (Å²) in [4.78, 5) is 4.60. The van der Waals surface area contributed by atoms with Gasteiger partial charge in [-0.1, -0.05) is 60.3 Å². The molecule has 0 N–H and O–H groups in total. The van der Waals surface area contributed by atoms with Crippen LogP contribution in [0.4, 0.5) is 0 Å². The zero-order valence-electron chi connectivity index (χ0n) is 14.5. The topological polar surface area (TPSA) is 50.3 Å². The van der Waals surface area contributed by atoms with Crippen LogP contribution in [0.3, 0.4) is 0 Å². The van der Waals surface area contributed by atoms with E-state index in [4.69, 9.17) is 0 Å². The van der Waals surface area contributed by atoms with E-state index in [-0.39, 0.29) is 10.1 Å². The molecule has 4 nitrogen and oxygen atoms in total. The fraction of sp³-hybridized carbons (Fsp3) is 0.150. The third-order valence-corrected chi connectivity index (χ3v) is 7.53. The Kier molecular flexibility index (Phi) is 4.34. The van der Waals surface area contributed by atoms with Crippen molar-refractivity contribution in [3.63, 3.8) is 0 Å². The van der Waals surface area contributed by atoms with Crippen LogP contribution < -0.4 is 0 Å². The lowest BCUT2D eigenvalue weighted by atomic mass is 10.1. The van der Waals surface area contributed by atoms with Crippen LogP contribution in [0, 0.1) is 0 Å². The van der Waals surface area contributed by atoms with Gasteiger partial charge in [-0.2, -0.15) is 0 Å². The quantitative estimate of drug-likeness (QED) is 0.679. The Morgan fingerprint density at radius 3 is 1.96 bits per heavy atom. The van der Waals surface area contributed by atoms with Crippen LogP contribution >= 0.6 is 11.8 Å². The molecule has 1 aliphatic carbocycles. The largest absolute Gasteiger partial charge is 0.249 e. The molecular formula is C20H18N2O2S2. The summed E-state index contributed by atoms with van der Waals surface area (Å²) in [6.07, 6.45) is 1.43. The number of pyridine rings is 1. The zero-order chi connectivity index (χ0) is 18.3. The van der Waals surface area contributed by atoms with Crippen molar-refractivity contribution in [1.82, 2.24) is 9.29 Å². The SMILES string of the molecule is CN(C)S(=O)(=O)c1ccc(SC2c3ccccc3-c3ccccc32)nc1. The summed E-state index contributed by atoms with van der Waals surface area (Å²) in [5.41, 5.74) is 5.05. The molecule has 26 heavy (non-hydrogen) atoms. The van der Waals surface area contributed by atoms with Gasteiger partial charge < -0.3 is 0 Å². The molecular weight excluding hydrogens is 364 g/mol. The lowest BCUT2D eigenvalue weighted by Gasteiger charge is -2.14. The second kappa shape index (κ2) is 6.54. The van der Waals surface area contributed by atoms with Crippen molar-refractivity contribution in [1.29, 1.82) is 0 Å². The molecule has 0 unspecified atom stereocenters. The minimum absolute atomic E-state index is 0.159. The highest BCUT2D eigenvalue weighted by Gasteiger charge is 2.29. The van der Waals surface area contributed by atoms with Crippen molar-refractivity contribution in [2.24, 2.45) is 0 Å². The average molecular weight is 383 g/mol. The maximum absolute atomic E-state index is 12.2. The Bertz CT molecular complexity index is 1020. The van der Waals surface area contributed by atoms with E-state index in [2.05, 4.69) is 53.5 Å². The van der Waals surface area contributed by atoms with E-state index in [9.17, 15) is 8.42 Å². The average Bonchev–Trinajstić information content (AvgIpc) is 2.96. The molecule has 1 aliphatic rings. The summed E-state index contributed by atoms with van der Waals surface area (Å²) in [6.45, 7) is 0. The standard InChI is InChI=1S/C20H18N2O2S2/c1-22(2)26(23,24)14-11-12-19(21-13-14)25-20-17-9-5-3-7-15(17)16-8-4-6-10-18(16)20/h3-13,20H,1-2H3. The minimum Gasteiger partial charge on any atom is -0.249 e. The molecule has 0 fully saturated rings. The van der Waals surface area contributed by atoms with Gasteiger partial charge in [0.1, 0.15) is 4.90 Å². The van der Waals surface area contributed by atoms with Crippen LogP contribution in [-0.4, -0.2) is 31.8 Å². The van der Waals surface area contributed by atoms with Crippen LogP contribution in [0.1, 0.15) is 16.4 Å². The summed E-state index contributed by atoms with van der Waals surface area (Å²) in [7, 11) is -0.420. The van der Waals surface area contributed by atoms with Crippen molar-refractivity contribution in [3.05, 3.63) is 78.0 Å². The second-order valence-corrected chi connectivity index (χ2v) is 9.57. The van der Waals surface area contributed by atoms with Crippen molar-refractivity contribution >= 4 is 21.8 Å². The summed E-state index contributed by atoms with van der Waals surface area (Å²) in [5.74, 6) is 0. The smallest absolute Gasteiger partial charge is 0.244 e. The first-order valence-electron chi connectivity index (χ1n) is 8.22. The van der Waals surface area contributed by atoms with Crippen molar-refractivity contribution in [3.8, 4) is 11.1 Å². The van der Waals surface area contributed by atoms with E-state index < -0.39 is 10.0 Å².